The van der Waals surface area contributed by atoms with Crippen LogP contribution in [0.1, 0.15) is 47.9 Å². The Morgan fingerprint density at radius 2 is 1.35 bits per heavy atom. The van der Waals surface area contributed by atoms with Crippen LogP contribution in [0, 0.1) is 0 Å². The first-order valence-corrected chi connectivity index (χ1v) is 11.1. The van der Waals surface area contributed by atoms with Crippen molar-refractivity contribution in [3.05, 3.63) is 89.0 Å². The van der Waals surface area contributed by atoms with Gasteiger partial charge in [-0.15, -0.1) is 0 Å². The highest BCUT2D eigenvalue weighted by molar-refractivity contribution is 5.59. The van der Waals surface area contributed by atoms with Gasteiger partial charge in [-0.1, -0.05) is 67.6 Å². The number of methoxy groups -OCH3 is 3. The third kappa shape index (κ3) is 5.81. The first-order valence-electron chi connectivity index (χ1n) is 11.1. The summed E-state index contributed by atoms with van der Waals surface area (Å²) in [4.78, 5) is 0. The molecule has 1 atom stereocenters. The van der Waals surface area contributed by atoms with Crippen LogP contribution >= 0.6 is 0 Å². The van der Waals surface area contributed by atoms with E-state index in [0.29, 0.717) is 11.7 Å². The molecule has 31 heavy (non-hydrogen) atoms. The van der Waals surface area contributed by atoms with Crippen molar-refractivity contribution in [1.82, 2.24) is 0 Å². The highest BCUT2D eigenvalue weighted by atomic mass is 16.5. The van der Waals surface area contributed by atoms with E-state index in [4.69, 9.17) is 14.2 Å². The van der Waals surface area contributed by atoms with Gasteiger partial charge in [0.1, 0.15) is 0 Å². The first kappa shape index (κ1) is 22.7. The molecule has 3 nitrogen and oxygen atoms in total. The molecule has 0 saturated heterocycles. The quantitative estimate of drug-likeness (QED) is 0.350. The van der Waals surface area contributed by atoms with Crippen molar-refractivity contribution in [2.24, 2.45) is 0 Å². The Bertz CT molecular complexity index is 935. The van der Waals surface area contributed by atoms with Gasteiger partial charge in [-0.3, -0.25) is 0 Å². The fourth-order valence-corrected chi connectivity index (χ4v) is 4.20. The van der Waals surface area contributed by atoms with Crippen LogP contribution in [0.5, 0.6) is 17.2 Å². The summed E-state index contributed by atoms with van der Waals surface area (Å²) in [6.45, 7) is 2.29. The van der Waals surface area contributed by atoms with Crippen molar-refractivity contribution in [3.63, 3.8) is 0 Å². The Hall–Kier alpha value is -2.94. The van der Waals surface area contributed by atoms with Crippen molar-refractivity contribution in [2.45, 2.75) is 44.9 Å². The van der Waals surface area contributed by atoms with Gasteiger partial charge in [-0.2, -0.15) is 0 Å². The molecule has 0 aliphatic heterocycles. The van der Waals surface area contributed by atoms with Crippen molar-refractivity contribution in [1.29, 1.82) is 0 Å². The van der Waals surface area contributed by atoms with Crippen LogP contribution in [0.25, 0.3) is 0 Å². The maximum absolute atomic E-state index is 5.85. The molecule has 3 aromatic rings. The second-order valence-corrected chi connectivity index (χ2v) is 7.97. The molecule has 0 aliphatic carbocycles. The number of ether oxygens (including phenoxy) is 3. The summed E-state index contributed by atoms with van der Waals surface area (Å²) in [7, 11) is 5.07. The molecule has 0 fully saturated rings. The highest BCUT2D eigenvalue weighted by Crippen LogP contribution is 2.43. The molecule has 0 amide bonds. The first-order chi connectivity index (χ1) is 15.2. The largest absolute Gasteiger partial charge is 0.493 e. The van der Waals surface area contributed by atoms with E-state index in [1.54, 1.807) is 21.3 Å². The van der Waals surface area contributed by atoms with E-state index in [-0.39, 0.29) is 0 Å². The normalized spacial score (nSPS) is 11.7. The zero-order chi connectivity index (χ0) is 22.1. The van der Waals surface area contributed by atoms with Crippen molar-refractivity contribution < 1.29 is 14.2 Å². The summed E-state index contributed by atoms with van der Waals surface area (Å²) in [5, 5.41) is 0. The van der Waals surface area contributed by atoms with Gasteiger partial charge in [0, 0.05) is 5.56 Å². The van der Waals surface area contributed by atoms with Crippen LogP contribution in [-0.4, -0.2) is 21.3 Å². The van der Waals surface area contributed by atoms with Crippen LogP contribution in [0.4, 0.5) is 0 Å². The van der Waals surface area contributed by atoms with Gasteiger partial charge in [0.25, 0.3) is 0 Å². The van der Waals surface area contributed by atoms with Gasteiger partial charge in [0.15, 0.2) is 11.5 Å². The summed E-state index contributed by atoms with van der Waals surface area (Å²) < 4.78 is 17.1. The third-order valence-corrected chi connectivity index (χ3v) is 5.98. The van der Waals surface area contributed by atoms with E-state index in [0.717, 1.165) is 43.6 Å². The van der Waals surface area contributed by atoms with Crippen LogP contribution < -0.4 is 14.2 Å². The lowest BCUT2D eigenvalue weighted by molar-refractivity contribution is 0.321. The molecule has 3 rings (SSSR count). The third-order valence-electron chi connectivity index (χ3n) is 5.98. The minimum absolute atomic E-state index is 0.469. The molecule has 0 bridgehead atoms. The summed E-state index contributed by atoms with van der Waals surface area (Å²) in [6, 6.07) is 23.5. The molecule has 0 saturated carbocycles. The number of hydrogen-bond donors (Lipinski definition) is 0. The maximum atomic E-state index is 5.85. The van der Waals surface area contributed by atoms with E-state index in [9.17, 15) is 0 Å². The number of aryl methyl sites for hydroxylation is 2. The lowest BCUT2D eigenvalue weighted by Gasteiger charge is -2.21. The molecule has 0 spiro atoms. The minimum Gasteiger partial charge on any atom is -0.493 e. The average Bonchev–Trinajstić information content (AvgIpc) is 2.83. The second-order valence-electron chi connectivity index (χ2n) is 7.97. The topological polar surface area (TPSA) is 27.7 Å². The van der Waals surface area contributed by atoms with E-state index in [2.05, 4.69) is 73.7 Å². The fraction of sp³-hybridized carbons (Fsp3) is 0.357. The lowest BCUT2D eigenvalue weighted by Crippen LogP contribution is -2.06. The van der Waals surface area contributed by atoms with Crippen LogP contribution in [0.15, 0.2) is 66.7 Å². The molecule has 0 N–H and O–H groups in total. The van der Waals surface area contributed by atoms with Gasteiger partial charge in [0.2, 0.25) is 5.75 Å². The molecule has 0 aromatic heterocycles. The van der Waals surface area contributed by atoms with Crippen molar-refractivity contribution >= 4 is 0 Å². The number of hydrogen-bond acceptors (Lipinski definition) is 3. The number of rotatable bonds is 11. The zero-order valence-corrected chi connectivity index (χ0v) is 19.2. The van der Waals surface area contributed by atoms with Gasteiger partial charge in [0.05, 0.1) is 21.3 Å². The average molecular weight is 419 g/mol. The van der Waals surface area contributed by atoms with Crippen molar-refractivity contribution in [2.75, 3.05) is 21.3 Å². The van der Waals surface area contributed by atoms with Gasteiger partial charge >= 0.3 is 0 Å². The molecule has 0 aliphatic rings. The molecule has 0 heterocycles. The Kier molecular flexibility index (Phi) is 8.40. The lowest BCUT2D eigenvalue weighted by atomic mass is 9.90. The molecule has 3 aromatic carbocycles. The summed E-state index contributed by atoms with van der Waals surface area (Å²) >= 11 is 0. The van der Waals surface area contributed by atoms with E-state index >= 15 is 0 Å². The predicted octanol–water partition coefficient (Wildman–Crippen LogP) is 6.62. The zero-order valence-electron chi connectivity index (χ0n) is 19.2. The predicted molar refractivity (Wildman–Crippen MR) is 128 cm³/mol. The highest BCUT2D eigenvalue weighted by Gasteiger charge is 2.21. The Morgan fingerprint density at radius 3 is 1.97 bits per heavy atom. The van der Waals surface area contributed by atoms with Gasteiger partial charge in [-0.05, 0) is 60.8 Å². The maximum Gasteiger partial charge on any atom is 0.203 e. The van der Waals surface area contributed by atoms with Gasteiger partial charge in [-0.25, -0.2) is 0 Å². The molecular formula is C28H34O3. The summed E-state index contributed by atoms with van der Waals surface area (Å²) in [5.74, 6) is 2.68. The Morgan fingerprint density at radius 1 is 0.710 bits per heavy atom. The van der Waals surface area contributed by atoms with Crippen LogP contribution in [-0.2, 0) is 19.3 Å². The number of benzene rings is 3. The molecule has 164 valence electrons. The monoisotopic (exact) mass is 418 g/mol. The van der Waals surface area contributed by atoms with Crippen LogP contribution in [0.2, 0.25) is 0 Å². The molecular weight excluding hydrogens is 384 g/mol. The standard InChI is InChI=1S/C28H34O3/c1-21(23-15-9-6-10-16-23)18-19-25-24(17-11-14-22-12-7-5-8-13-22)20-26(29-2)28(31-4)27(25)30-3/h5-10,12-13,15-16,20-21H,11,14,17-19H2,1-4H3. The van der Waals surface area contributed by atoms with Crippen LogP contribution in [0.3, 0.4) is 0 Å². The molecule has 1 unspecified atom stereocenters. The van der Waals surface area contributed by atoms with E-state index in [1.165, 1.54) is 22.3 Å². The second kappa shape index (κ2) is 11.5. The van der Waals surface area contributed by atoms with Crippen molar-refractivity contribution in [3.8, 4) is 17.2 Å². The Balaban J connectivity index is 1.84. The molecule has 3 heteroatoms. The smallest absolute Gasteiger partial charge is 0.203 e. The fourth-order valence-electron chi connectivity index (χ4n) is 4.20. The van der Waals surface area contributed by atoms with E-state index < -0.39 is 0 Å². The SMILES string of the molecule is COc1cc(CCCc2ccccc2)c(CCC(C)c2ccccc2)c(OC)c1OC. The summed E-state index contributed by atoms with van der Waals surface area (Å²) in [6.07, 6.45) is 5.07. The van der Waals surface area contributed by atoms with E-state index in [1.807, 2.05) is 0 Å². The summed E-state index contributed by atoms with van der Waals surface area (Å²) in [5.41, 5.74) is 5.25. The minimum atomic E-state index is 0.469. The van der Waals surface area contributed by atoms with Gasteiger partial charge < -0.3 is 14.2 Å². The Labute approximate surface area is 187 Å². The molecule has 0 radical (unpaired) electrons.